The minimum Gasteiger partial charge on any atom is -0.493 e. The highest BCUT2D eigenvalue weighted by atomic mass is 35.5. The maximum atomic E-state index is 12.8. The number of anilines is 1. The Morgan fingerprint density at radius 1 is 0.938 bits per heavy atom. The van der Waals surface area contributed by atoms with Crippen LogP contribution < -0.4 is 14.8 Å². The van der Waals surface area contributed by atoms with Crippen LogP contribution >= 0.6 is 23.2 Å². The first-order valence-electron chi connectivity index (χ1n) is 10.4. The second-order valence-electron chi connectivity index (χ2n) is 8.40. The predicted octanol–water partition coefficient (Wildman–Crippen LogP) is 7.52. The fourth-order valence-corrected chi connectivity index (χ4v) is 3.58. The van der Waals surface area contributed by atoms with Crippen molar-refractivity contribution in [1.82, 2.24) is 0 Å². The Hall–Kier alpha value is -2.69. The van der Waals surface area contributed by atoms with Crippen molar-refractivity contribution in [2.24, 2.45) is 0 Å². The van der Waals surface area contributed by atoms with Crippen LogP contribution in [0.4, 0.5) is 5.69 Å². The Morgan fingerprint density at radius 2 is 1.66 bits per heavy atom. The number of amides is 1. The van der Waals surface area contributed by atoms with Crippen molar-refractivity contribution in [2.75, 3.05) is 11.9 Å². The summed E-state index contributed by atoms with van der Waals surface area (Å²) in [5, 5.41) is 3.69. The van der Waals surface area contributed by atoms with E-state index in [1.165, 1.54) is 5.56 Å². The molecule has 3 rings (SSSR count). The molecule has 0 saturated carbocycles. The molecule has 0 heterocycles. The second-order valence-corrected chi connectivity index (χ2v) is 9.24. The van der Waals surface area contributed by atoms with Crippen molar-refractivity contribution in [2.45, 2.75) is 39.7 Å². The van der Waals surface area contributed by atoms with E-state index in [1.54, 1.807) is 36.4 Å². The lowest BCUT2D eigenvalue weighted by Crippen LogP contribution is -2.13. The summed E-state index contributed by atoms with van der Waals surface area (Å²) in [6.45, 7) is 9.21. The van der Waals surface area contributed by atoms with Gasteiger partial charge in [-0.1, -0.05) is 56.1 Å². The molecule has 3 aromatic carbocycles. The standard InChI is InChI=1S/C26H27Cl2NO3/c1-5-31-24-13-6-17(25(30)29-23-12-9-20(27)15-22(23)28)14-18(24)16-32-21-10-7-19(8-11-21)26(2,3)4/h6-15H,5,16H2,1-4H3,(H,29,30). The summed E-state index contributed by atoms with van der Waals surface area (Å²) < 4.78 is 11.7. The van der Waals surface area contributed by atoms with Crippen LogP contribution in [0.3, 0.4) is 0 Å². The van der Waals surface area contributed by atoms with Crippen LogP contribution in [-0.4, -0.2) is 12.5 Å². The molecule has 0 aliphatic heterocycles. The highest BCUT2D eigenvalue weighted by molar-refractivity contribution is 6.36. The maximum absolute atomic E-state index is 12.8. The Morgan fingerprint density at radius 3 is 2.28 bits per heavy atom. The van der Waals surface area contributed by atoms with E-state index in [0.29, 0.717) is 33.7 Å². The molecule has 0 aromatic heterocycles. The van der Waals surface area contributed by atoms with E-state index < -0.39 is 0 Å². The van der Waals surface area contributed by atoms with Crippen molar-refractivity contribution >= 4 is 34.8 Å². The van der Waals surface area contributed by atoms with Gasteiger partial charge in [-0.25, -0.2) is 0 Å². The van der Waals surface area contributed by atoms with Gasteiger partial charge in [0.2, 0.25) is 0 Å². The molecule has 1 N–H and O–H groups in total. The van der Waals surface area contributed by atoms with E-state index in [9.17, 15) is 4.79 Å². The van der Waals surface area contributed by atoms with Gasteiger partial charge >= 0.3 is 0 Å². The average Bonchev–Trinajstić information content (AvgIpc) is 2.74. The Bertz CT molecular complexity index is 1090. The fourth-order valence-electron chi connectivity index (χ4n) is 3.13. The van der Waals surface area contributed by atoms with Gasteiger partial charge < -0.3 is 14.8 Å². The molecule has 6 heteroatoms. The molecule has 0 unspecified atom stereocenters. The molecule has 4 nitrogen and oxygen atoms in total. The lowest BCUT2D eigenvalue weighted by Gasteiger charge is -2.19. The summed E-state index contributed by atoms with van der Waals surface area (Å²) in [5.41, 5.74) is 3.06. The minimum absolute atomic E-state index is 0.0787. The van der Waals surface area contributed by atoms with E-state index in [0.717, 1.165) is 11.3 Å². The molecule has 0 bridgehead atoms. The number of carbonyl (C=O) groups excluding carboxylic acids is 1. The normalized spacial score (nSPS) is 11.2. The molecule has 1 amide bonds. The second kappa shape index (κ2) is 10.3. The number of carbonyl (C=O) groups is 1. The van der Waals surface area contributed by atoms with Gasteiger partial charge in [-0.15, -0.1) is 0 Å². The van der Waals surface area contributed by atoms with Gasteiger partial charge in [-0.3, -0.25) is 4.79 Å². The zero-order valence-corrected chi connectivity index (χ0v) is 20.2. The van der Waals surface area contributed by atoms with Gasteiger partial charge in [0.1, 0.15) is 18.1 Å². The molecule has 0 aliphatic rings. The van der Waals surface area contributed by atoms with E-state index in [4.69, 9.17) is 32.7 Å². The number of hydrogen-bond donors (Lipinski definition) is 1. The van der Waals surface area contributed by atoms with Gasteiger partial charge in [-0.2, -0.15) is 0 Å². The van der Waals surface area contributed by atoms with Crippen molar-refractivity contribution in [3.05, 3.63) is 87.4 Å². The SMILES string of the molecule is CCOc1ccc(C(=O)Nc2ccc(Cl)cc2Cl)cc1COc1ccc(C(C)(C)C)cc1. The zero-order chi connectivity index (χ0) is 23.3. The van der Waals surface area contributed by atoms with Crippen molar-refractivity contribution in [3.8, 4) is 11.5 Å². The molecule has 168 valence electrons. The van der Waals surface area contributed by atoms with Crippen LogP contribution in [0, 0.1) is 0 Å². The van der Waals surface area contributed by atoms with Crippen LogP contribution in [0.25, 0.3) is 0 Å². The first kappa shape index (κ1) is 24.0. The molecule has 0 atom stereocenters. The van der Waals surface area contributed by atoms with Gasteiger partial charge in [0.05, 0.1) is 17.3 Å². The summed E-state index contributed by atoms with van der Waals surface area (Å²) in [4.78, 5) is 12.8. The molecule has 0 spiro atoms. The lowest BCUT2D eigenvalue weighted by atomic mass is 9.87. The zero-order valence-electron chi connectivity index (χ0n) is 18.7. The van der Waals surface area contributed by atoms with Crippen molar-refractivity contribution < 1.29 is 14.3 Å². The highest BCUT2D eigenvalue weighted by Gasteiger charge is 2.15. The molecular formula is C26H27Cl2NO3. The molecule has 0 radical (unpaired) electrons. The third-order valence-electron chi connectivity index (χ3n) is 4.92. The van der Waals surface area contributed by atoms with E-state index in [1.807, 2.05) is 19.1 Å². The predicted molar refractivity (Wildman–Crippen MR) is 132 cm³/mol. The average molecular weight is 472 g/mol. The molecule has 0 aliphatic carbocycles. The van der Waals surface area contributed by atoms with Gasteiger partial charge in [0, 0.05) is 16.1 Å². The third kappa shape index (κ3) is 6.18. The van der Waals surface area contributed by atoms with E-state index in [-0.39, 0.29) is 17.9 Å². The van der Waals surface area contributed by atoms with Crippen LogP contribution in [-0.2, 0) is 12.0 Å². The summed E-state index contributed by atoms with van der Waals surface area (Å²) in [6.07, 6.45) is 0. The number of benzene rings is 3. The van der Waals surface area contributed by atoms with Crippen LogP contribution in [0.15, 0.2) is 60.7 Å². The number of rotatable bonds is 7. The van der Waals surface area contributed by atoms with Gasteiger partial charge in [0.25, 0.3) is 5.91 Å². The largest absolute Gasteiger partial charge is 0.493 e. The summed E-state index contributed by atoms with van der Waals surface area (Å²) >= 11 is 12.1. The van der Waals surface area contributed by atoms with Crippen LogP contribution in [0.1, 0.15) is 49.2 Å². The summed E-state index contributed by atoms with van der Waals surface area (Å²) in [5.74, 6) is 1.15. The molecule has 3 aromatic rings. The van der Waals surface area contributed by atoms with Crippen LogP contribution in [0.5, 0.6) is 11.5 Å². The first-order valence-corrected chi connectivity index (χ1v) is 11.2. The van der Waals surface area contributed by atoms with Gasteiger partial charge in [0.15, 0.2) is 0 Å². The van der Waals surface area contributed by atoms with Crippen molar-refractivity contribution in [1.29, 1.82) is 0 Å². The lowest BCUT2D eigenvalue weighted by molar-refractivity contribution is 0.102. The third-order valence-corrected chi connectivity index (χ3v) is 5.46. The first-order chi connectivity index (χ1) is 15.2. The minimum atomic E-state index is -0.284. The number of ether oxygens (including phenoxy) is 2. The molecule has 0 fully saturated rings. The summed E-state index contributed by atoms with van der Waals surface area (Å²) in [6, 6.07) is 18.2. The number of halogens is 2. The molecule has 0 saturated heterocycles. The quantitative estimate of drug-likeness (QED) is 0.387. The van der Waals surface area contributed by atoms with E-state index >= 15 is 0 Å². The summed E-state index contributed by atoms with van der Waals surface area (Å²) in [7, 11) is 0. The Kier molecular flexibility index (Phi) is 7.70. The van der Waals surface area contributed by atoms with Crippen LogP contribution in [0.2, 0.25) is 10.0 Å². The number of hydrogen-bond acceptors (Lipinski definition) is 3. The highest BCUT2D eigenvalue weighted by Crippen LogP contribution is 2.28. The Labute approximate surface area is 199 Å². The topological polar surface area (TPSA) is 47.6 Å². The molecular weight excluding hydrogens is 445 g/mol. The van der Waals surface area contributed by atoms with Gasteiger partial charge in [-0.05, 0) is 66.4 Å². The Balaban J connectivity index is 1.77. The smallest absolute Gasteiger partial charge is 0.255 e. The maximum Gasteiger partial charge on any atom is 0.255 e. The van der Waals surface area contributed by atoms with Crippen molar-refractivity contribution in [3.63, 3.8) is 0 Å². The fraction of sp³-hybridized carbons (Fsp3) is 0.269. The number of nitrogens with one attached hydrogen (secondary N) is 1. The molecule has 32 heavy (non-hydrogen) atoms. The monoisotopic (exact) mass is 471 g/mol. The van der Waals surface area contributed by atoms with E-state index in [2.05, 4.69) is 38.2 Å².